The Balaban J connectivity index is 1.90. The molecular weight excluding hydrogens is 236 g/mol. The number of hydrogen-bond donors (Lipinski definition) is 1. The second kappa shape index (κ2) is 6.40. The maximum atomic E-state index is 5.30. The van der Waals surface area contributed by atoms with Gasteiger partial charge in [-0.2, -0.15) is 0 Å². The summed E-state index contributed by atoms with van der Waals surface area (Å²) < 4.78 is 5.30. The topological polar surface area (TPSA) is 24.5 Å². The summed E-state index contributed by atoms with van der Waals surface area (Å²) in [6, 6.07) is 7.06. The van der Waals surface area contributed by atoms with Crippen LogP contribution in [0.4, 0.5) is 0 Å². The van der Waals surface area contributed by atoms with Crippen molar-refractivity contribution in [3.05, 3.63) is 29.3 Å². The number of nitrogens with one attached hydrogen (secondary N) is 1. The lowest BCUT2D eigenvalue weighted by atomic mass is 9.94. The predicted molar refractivity (Wildman–Crippen MR) is 79.6 cm³/mol. The molecule has 0 amide bonds. The number of ether oxygens (including phenoxy) is 1. The normalized spacial score (nSPS) is 24.4. The molecule has 19 heavy (non-hydrogen) atoms. The lowest BCUT2D eigenvalue weighted by Gasteiger charge is -2.35. The number of aryl methyl sites for hydroxylation is 1. The monoisotopic (exact) mass is 262 g/mol. The van der Waals surface area contributed by atoms with Crippen LogP contribution in [-0.2, 0) is 6.54 Å². The largest absolute Gasteiger partial charge is 0.496 e. The predicted octanol–water partition coefficient (Wildman–Crippen LogP) is 2.43. The molecule has 106 valence electrons. The van der Waals surface area contributed by atoms with Gasteiger partial charge in [-0.25, -0.2) is 0 Å². The average molecular weight is 262 g/mol. The minimum Gasteiger partial charge on any atom is -0.496 e. The molecule has 2 rings (SSSR count). The van der Waals surface area contributed by atoms with Crippen molar-refractivity contribution in [1.29, 1.82) is 0 Å². The Labute approximate surface area is 116 Å². The Kier molecular flexibility index (Phi) is 4.83. The number of methoxy groups -OCH3 is 1. The number of nitrogens with zero attached hydrogens (tertiary/aromatic N) is 1. The van der Waals surface area contributed by atoms with Gasteiger partial charge in [0.25, 0.3) is 0 Å². The van der Waals surface area contributed by atoms with Crippen LogP contribution in [0, 0.1) is 12.8 Å². The van der Waals surface area contributed by atoms with Crippen LogP contribution in [0.2, 0.25) is 0 Å². The van der Waals surface area contributed by atoms with Gasteiger partial charge in [0, 0.05) is 19.1 Å². The molecule has 1 aliphatic rings. The Hall–Kier alpha value is -1.06. The summed E-state index contributed by atoms with van der Waals surface area (Å²) in [7, 11) is 3.93. The van der Waals surface area contributed by atoms with E-state index < -0.39 is 0 Å². The zero-order valence-corrected chi connectivity index (χ0v) is 12.6. The van der Waals surface area contributed by atoms with Gasteiger partial charge in [-0.05, 0) is 50.0 Å². The van der Waals surface area contributed by atoms with Gasteiger partial charge in [-0.1, -0.05) is 19.1 Å². The maximum absolute atomic E-state index is 5.30. The SMILES string of the molecule is COc1ccc(CNC2CCN(C)CC2C)cc1C. The molecule has 1 N–H and O–H groups in total. The van der Waals surface area contributed by atoms with Crippen molar-refractivity contribution in [2.45, 2.75) is 32.9 Å². The van der Waals surface area contributed by atoms with Crippen molar-refractivity contribution in [1.82, 2.24) is 10.2 Å². The summed E-state index contributed by atoms with van der Waals surface area (Å²) in [5, 5.41) is 3.71. The number of hydrogen-bond acceptors (Lipinski definition) is 3. The first-order valence-corrected chi connectivity index (χ1v) is 7.15. The van der Waals surface area contributed by atoms with Crippen molar-refractivity contribution in [2.24, 2.45) is 5.92 Å². The maximum Gasteiger partial charge on any atom is 0.121 e. The molecule has 0 spiro atoms. The van der Waals surface area contributed by atoms with E-state index in [4.69, 9.17) is 4.74 Å². The zero-order valence-electron chi connectivity index (χ0n) is 12.6. The summed E-state index contributed by atoms with van der Waals surface area (Å²) in [5.74, 6) is 1.69. The standard InChI is InChI=1S/C16H26N2O/c1-12-9-14(5-6-16(12)19-4)10-17-15-7-8-18(3)11-13(15)2/h5-6,9,13,15,17H,7-8,10-11H2,1-4H3. The highest BCUT2D eigenvalue weighted by atomic mass is 16.5. The van der Waals surface area contributed by atoms with Gasteiger partial charge in [-0.3, -0.25) is 0 Å². The lowest BCUT2D eigenvalue weighted by Crippen LogP contribution is -2.46. The van der Waals surface area contributed by atoms with Gasteiger partial charge in [0.05, 0.1) is 7.11 Å². The molecule has 1 aromatic rings. The quantitative estimate of drug-likeness (QED) is 0.902. The third-order valence-electron chi connectivity index (χ3n) is 4.14. The van der Waals surface area contributed by atoms with Crippen LogP contribution in [-0.4, -0.2) is 38.2 Å². The molecule has 0 aromatic heterocycles. The Morgan fingerprint density at radius 1 is 1.42 bits per heavy atom. The highest BCUT2D eigenvalue weighted by Crippen LogP contribution is 2.20. The summed E-state index contributed by atoms with van der Waals surface area (Å²) >= 11 is 0. The molecule has 0 bridgehead atoms. The fourth-order valence-corrected chi connectivity index (χ4v) is 2.96. The molecule has 1 heterocycles. The number of rotatable bonds is 4. The van der Waals surface area contributed by atoms with E-state index in [1.165, 1.54) is 30.6 Å². The van der Waals surface area contributed by atoms with Crippen LogP contribution in [0.15, 0.2) is 18.2 Å². The van der Waals surface area contributed by atoms with Gasteiger partial charge < -0.3 is 15.0 Å². The summed E-state index contributed by atoms with van der Waals surface area (Å²) in [6.07, 6.45) is 1.24. The van der Waals surface area contributed by atoms with Crippen LogP contribution in [0.25, 0.3) is 0 Å². The van der Waals surface area contributed by atoms with Gasteiger partial charge in [-0.15, -0.1) is 0 Å². The van der Waals surface area contributed by atoms with Gasteiger partial charge in [0.15, 0.2) is 0 Å². The molecule has 2 atom stereocenters. The highest BCUT2D eigenvalue weighted by molar-refractivity contribution is 5.36. The zero-order chi connectivity index (χ0) is 13.8. The number of likely N-dealkylation sites (tertiary alicyclic amines) is 1. The van der Waals surface area contributed by atoms with E-state index in [2.05, 4.69) is 49.3 Å². The van der Waals surface area contributed by atoms with Gasteiger partial charge in [0.1, 0.15) is 5.75 Å². The highest BCUT2D eigenvalue weighted by Gasteiger charge is 2.23. The number of piperidine rings is 1. The van der Waals surface area contributed by atoms with Crippen LogP contribution < -0.4 is 10.1 Å². The molecule has 0 saturated carbocycles. The van der Waals surface area contributed by atoms with Gasteiger partial charge in [0.2, 0.25) is 0 Å². The van der Waals surface area contributed by atoms with Crippen molar-refractivity contribution in [2.75, 3.05) is 27.2 Å². The molecular formula is C16H26N2O. The second-order valence-corrected chi connectivity index (χ2v) is 5.82. The fourth-order valence-electron chi connectivity index (χ4n) is 2.96. The Morgan fingerprint density at radius 3 is 2.84 bits per heavy atom. The number of benzene rings is 1. The molecule has 1 aromatic carbocycles. The Morgan fingerprint density at radius 2 is 2.21 bits per heavy atom. The van der Waals surface area contributed by atoms with E-state index in [0.717, 1.165) is 18.2 Å². The van der Waals surface area contributed by atoms with E-state index >= 15 is 0 Å². The second-order valence-electron chi connectivity index (χ2n) is 5.82. The van der Waals surface area contributed by atoms with Crippen molar-refractivity contribution < 1.29 is 4.74 Å². The minimum atomic E-state index is 0.638. The lowest BCUT2D eigenvalue weighted by molar-refractivity contribution is 0.174. The molecule has 2 unspecified atom stereocenters. The first kappa shape index (κ1) is 14.4. The van der Waals surface area contributed by atoms with E-state index in [0.29, 0.717) is 6.04 Å². The fraction of sp³-hybridized carbons (Fsp3) is 0.625. The average Bonchev–Trinajstić information content (AvgIpc) is 2.38. The van der Waals surface area contributed by atoms with E-state index in [1.807, 2.05) is 0 Å². The molecule has 1 aliphatic heterocycles. The smallest absolute Gasteiger partial charge is 0.121 e. The van der Waals surface area contributed by atoms with Crippen LogP contribution in [0.3, 0.4) is 0 Å². The first-order valence-electron chi connectivity index (χ1n) is 7.15. The minimum absolute atomic E-state index is 0.638. The van der Waals surface area contributed by atoms with Crippen LogP contribution in [0.1, 0.15) is 24.5 Å². The molecule has 1 fully saturated rings. The van der Waals surface area contributed by atoms with Crippen molar-refractivity contribution in [3.63, 3.8) is 0 Å². The summed E-state index contributed by atoms with van der Waals surface area (Å²) in [5.41, 5.74) is 2.54. The van der Waals surface area contributed by atoms with Crippen molar-refractivity contribution >= 4 is 0 Å². The molecule has 0 radical (unpaired) electrons. The first-order chi connectivity index (χ1) is 9.10. The molecule has 3 nitrogen and oxygen atoms in total. The van der Waals surface area contributed by atoms with Crippen molar-refractivity contribution in [3.8, 4) is 5.75 Å². The van der Waals surface area contributed by atoms with E-state index in [1.54, 1.807) is 7.11 Å². The summed E-state index contributed by atoms with van der Waals surface area (Å²) in [4.78, 5) is 2.42. The Bertz CT molecular complexity index is 419. The van der Waals surface area contributed by atoms with Gasteiger partial charge >= 0.3 is 0 Å². The molecule has 1 saturated heterocycles. The molecule has 3 heteroatoms. The van der Waals surface area contributed by atoms with E-state index in [-0.39, 0.29) is 0 Å². The van der Waals surface area contributed by atoms with Crippen LogP contribution >= 0.6 is 0 Å². The third kappa shape index (κ3) is 3.71. The van der Waals surface area contributed by atoms with Crippen LogP contribution in [0.5, 0.6) is 5.75 Å². The third-order valence-corrected chi connectivity index (χ3v) is 4.14. The van der Waals surface area contributed by atoms with E-state index in [9.17, 15) is 0 Å². The summed E-state index contributed by atoms with van der Waals surface area (Å²) in [6.45, 7) is 7.78. The molecule has 0 aliphatic carbocycles.